The molecule has 1 aromatic rings. The van der Waals surface area contributed by atoms with Crippen LogP contribution < -0.4 is 5.32 Å². The molecule has 2 rings (SSSR count). The molecule has 1 aliphatic carbocycles. The third kappa shape index (κ3) is 2.27. The van der Waals surface area contributed by atoms with Crippen LogP contribution in [0.3, 0.4) is 0 Å². The van der Waals surface area contributed by atoms with Gasteiger partial charge in [0.25, 0.3) is 0 Å². The second-order valence-electron chi connectivity index (χ2n) is 3.69. The molecule has 0 unspecified atom stereocenters. The van der Waals surface area contributed by atoms with E-state index in [1.165, 1.54) is 0 Å². The second-order valence-corrected chi connectivity index (χ2v) is 3.69. The summed E-state index contributed by atoms with van der Waals surface area (Å²) in [6.07, 6.45) is 6.19. The van der Waals surface area contributed by atoms with E-state index in [2.05, 4.69) is 15.3 Å². The Balaban J connectivity index is 1.82. The van der Waals surface area contributed by atoms with Crippen molar-refractivity contribution in [1.82, 2.24) is 15.3 Å². The number of hydrogen-bond donors (Lipinski definition) is 2. The van der Waals surface area contributed by atoms with Crippen molar-refractivity contribution in [2.24, 2.45) is 0 Å². The van der Waals surface area contributed by atoms with Crippen molar-refractivity contribution in [3.63, 3.8) is 0 Å². The molecular formula is C10H15N3O. The molecule has 0 amide bonds. The molecule has 76 valence electrons. The van der Waals surface area contributed by atoms with Gasteiger partial charge in [0, 0.05) is 18.8 Å². The molecule has 0 aliphatic heterocycles. The van der Waals surface area contributed by atoms with Gasteiger partial charge in [0.1, 0.15) is 6.33 Å². The lowest BCUT2D eigenvalue weighted by Crippen LogP contribution is -2.35. The van der Waals surface area contributed by atoms with Crippen molar-refractivity contribution < 1.29 is 5.11 Å². The maximum atomic E-state index is 9.57. The summed E-state index contributed by atoms with van der Waals surface area (Å²) in [6.45, 7) is 0.713. The Morgan fingerprint density at radius 1 is 1.50 bits per heavy atom. The highest BCUT2D eigenvalue weighted by atomic mass is 16.3. The van der Waals surface area contributed by atoms with Crippen molar-refractivity contribution in [3.05, 3.63) is 24.3 Å². The lowest BCUT2D eigenvalue weighted by Gasteiger charge is -2.15. The maximum absolute atomic E-state index is 9.57. The fourth-order valence-corrected chi connectivity index (χ4v) is 1.84. The van der Waals surface area contributed by atoms with E-state index in [1.54, 1.807) is 12.5 Å². The summed E-state index contributed by atoms with van der Waals surface area (Å²) >= 11 is 0. The van der Waals surface area contributed by atoms with Gasteiger partial charge in [0.05, 0.1) is 11.8 Å². The average molecular weight is 193 g/mol. The molecule has 1 aromatic heterocycles. The topological polar surface area (TPSA) is 58.0 Å². The van der Waals surface area contributed by atoms with Crippen LogP contribution in [0.1, 0.15) is 25.0 Å². The third-order valence-corrected chi connectivity index (χ3v) is 2.67. The van der Waals surface area contributed by atoms with Gasteiger partial charge in [-0.15, -0.1) is 0 Å². The standard InChI is InChI=1S/C10H15N3O/c14-10-3-1-2-9(10)12-6-8-4-5-11-7-13-8/h4-5,7,9-10,12,14H,1-3,6H2/t9-,10-/m1/s1. The molecule has 0 bridgehead atoms. The quantitative estimate of drug-likeness (QED) is 0.733. The number of nitrogens with one attached hydrogen (secondary N) is 1. The normalized spacial score (nSPS) is 26.6. The van der Waals surface area contributed by atoms with Gasteiger partial charge in [-0.25, -0.2) is 9.97 Å². The summed E-state index contributed by atoms with van der Waals surface area (Å²) in [5.74, 6) is 0. The molecule has 1 aliphatic rings. The van der Waals surface area contributed by atoms with Gasteiger partial charge in [0.15, 0.2) is 0 Å². The van der Waals surface area contributed by atoms with Gasteiger partial charge < -0.3 is 10.4 Å². The number of aromatic nitrogens is 2. The zero-order chi connectivity index (χ0) is 9.80. The van der Waals surface area contributed by atoms with E-state index < -0.39 is 0 Å². The Hall–Kier alpha value is -1.00. The first-order valence-corrected chi connectivity index (χ1v) is 5.02. The summed E-state index contributed by atoms with van der Waals surface area (Å²) in [5, 5.41) is 12.9. The monoisotopic (exact) mass is 193 g/mol. The maximum Gasteiger partial charge on any atom is 0.115 e. The average Bonchev–Trinajstić information content (AvgIpc) is 2.63. The fourth-order valence-electron chi connectivity index (χ4n) is 1.84. The van der Waals surface area contributed by atoms with Crippen molar-refractivity contribution in [2.45, 2.75) is 38.0 Å². The van der Waals surface area contributed by atoms with Crippen LogP contribution in [-0.2, 0) is 6.54 Å². The van der Waals surface area contributed by atoms with Crippen LogP contribution in [-0.4, -0.2) is 27.2 Å². The van der Waals surface area contributed by atoms with Gasteiger partial charge in [0.2, 0.25) is 0 Å². The number of rotatable bonds is 3. The summed E-state index contributed by atoms with van der Waals surface area (Å²) in [7, 11) is 0. The van der Waals surface area contributed by atoms with Crippen LogP contribution in [0.2, 0.25) is 0 Å². The summed E-state index contributed by atoms with van der Waals surface area (Å²) in [6, 6.07) is 2.12. The first-order valence-electron chi connectivity index (χ1n) is 5.02. The molecule has 0 radical (unpaired) electrons. The SMILES string of the molecule is O[C@@H]1CCC[C@H]1NCc1ccncn1. The molecule has 0 spiro atoms. The zero-order valence-electron chi connectivity index (χ0n) is 8.06. The Bertz CT molecular complexity index is 278. The molecular weight excluding hydrogens is 178 g/mol. The predicted octanol–water partition coefficient (Wildman–Crippen LogP) is 0.480. The fraction of sp³-hybridized carbons (Fsp3) is 0.600. The zero-order valence-corrected chi connectivity index (χ0v) is 8.06. The van der Waals surface area contributed by atoms with E-state index in [-0.39, 0.29) is 12.1 Å². The largest absolute Gasteiger partial charge is 0.392 e. The van der Waals surface area contributed by atoms with E-state index in [0.717, 1.165) is 25.0 Å². The van der Waals surface area contributed by atoms with Gasteiger partial charge in [-0.1, -0.05) is 0 Å². The Labute approximate surface area is 83.4 Å². The minimum atomic E-state index is -0.183. The number of hydrogen-bond acceptors (Lipinski definition) is 4. The third-order valence-electron chi connectivity index (χ3n) is 2.67. The molecule has 2 N–H and O–H groups in total. The number of aliphatic hydroxyl groups is 1. The minimum absolute atomic E-state index is 0.183. The molecule has 14 heavy (non-hydrogen) atoms. The molecule has 2 atom stereocenters. The van der Waals surface area contributed by atoms with Crippen LogP contribution in [0.5, 0.6) is 0 Å². The summed E-state index contributed by atoms with van der Waals surface area (Å²) in [5.41, 5.74) is 0.971. The van der Waals surface area contributed by atoms with Gasteiger partial charge in [-0.05, 0) is 25.3 Å². The number of aliphatic hydroxyl groups excluding tert-OH is 1. The Morgan fingerprint density at radius 2 is 2.43 bits per heavy atom. The highest BCUT2D eigenvalue weighted by Crippen LogP contribution is 2.18. The first kappa shape index (κ1) is 9.55. The molecule has 0 saturated heterocycles. The second kappa shape index (κ2) is 4.48. The van der Waals surface area contributed by atoms with Crippen molar-refractivity contribution in [3.8, 4) is 0 Å². The first-order chi connectivity index (χ1) is 6.86. The highest BCUT2D eigenvalue weighted by Gasteiger charge is 2.24. The Morgan fingerprint density at radius 3 is 3.07 bits per heavy atom. The van der Waals surface area contributed by atoms with E-state index in [1.807, 2.05) is 6.07 Å². The van der Waals surface area contributed by atoms with Crippen LogP contribution in [0.4, 0.5) is 0 Å². The van der Waals surface area contributed by atoms with E-state index >= 15 is 0 Å². The minimum Gasteiger partial charge on any atom is -0.392 e. The lowest BCUT2D eigenvalue weighted by atomic mass is 10.2. The van der Waals surface area contributed by atoms with Crippen molar-refractivity contribution >= 4 is 0 Å². The predicted molar refractivity (Wildman–Crippen MR) is 52.5 cm³/mol. The van der Waals surface area contributed by atoms with Gasteiger partial charge >= 0.3 is 0 Å². The van der Waals surface area contributed by atoms with E-state index in [4.69, 9.17) is 0 Å². The molecule has 4 heteroatoms. The number of nitrogens with zero attached hydrogens (tertiary/aromatic N) is 2. The van der Waals surface area contributed by atoms with Gasteiger partial charge in [-0.2, -0.15) is 0 Å². The summed E-state index contributed by atoms with van der Waals surface area (Å²) < 4.78 is 0. The van der Waals surface area contributed by atoms with Gasteiger partial charge in [-0.3, -0.25) is 0 Å². The van der Waals surface area contributed by atoms with Crippen LogP contribution in [0, 0.1) is 0 Å². The van der Waals surface area contributed by atoms with Crippen LogP contribution in [0.25, 0.3) is 0 Å². The smallest absolute Gasteiger partial charge is 0.115 e. The van der Waals surface area contributed by atoms with E-state index in [9.17, 15) is 5.11 Å². The molecule has 1 saturated carbocycles. The van der Waals surface area contributed by atoms with E-state index in [0.29, 0.717) is 6.54 Å². The summed E-state index contributed by atoms with van der Waals surface area (Å²) in [4.78, 5) is 7.96. The van der Waals surface area contributed by atoms with Crippen LogP contribution >= 0.6 is 0 Å². The van der Waals surface area contributed by atoms with Crippen molar-refractivity contribution in [1.29, 1.82) is 0 Å². The Kier molecular flexibility index (Phi) is 3.06. The lowest BCUT2D eigenvalue weighted by molar-refractivity contribution is 0.148. The van der Waals surface area contributed by atoms with Crippen molar-refractivity contribution in [2.75, 3.05) is 0 Å². The molecule has 0 aromatic carbocycles. The molecule has 1 heterocycles. The van der Waals surface area contributed by atoms with Crippen LogP contribution in [0.15, 0.2) is 18.6 Å². The highest BCUT2D eigenvalue weighted by molar-refractivity contribution is 4.98. The molecule has 4 nitrogen and oxygen atoms in total. The molecule has 1 fully saturated rings.